The highest BCUT2D eigenvalue weighted by molar-refractivity contribution is 6.02. The van der Waals surface area contributed by atoms with Gasteiger partial charge in [-0.3, -0.25) is 9.78 Å². The summed E-state index contributed by atoms with van der Waals surface area (Å²) in [6.07, 6.45) is 7.72. The number of hydrogen-bond donors (Lipinski definition) is 1. The number of nitrogens with zero attached hydrogens (tertiary/aromatic N) is 3. The van der Waals surface area contributed by atoms with Crippen molar-refractivity contribution < 1.29 is 9.53 Å². The maximum atomic E-state index is 12.5. The summed E-state index contributed by atoms with van der Waals surface area (Å²) in [4.78, 5) is 26.6. The number of anilines is 1. The molecule has 0 saturated carbocycles. The molecule has 0 spiro atoms. The van der Waals surface area contributed by atoms with Crippen molar-refractivity contribution in [2.75, 3.05) is 18.1 Å². The third-order valence-corrected chi connectivity index (χ3v) is 5.08. The Kier molecular flexibility index (Phi) is 3.31. The number of fused-ring (bicyclic) bond motifs is 2. The van der Waals surface area contributed by atoms with E-state index in [1.54, 1.807) is 0 Å². The number of carbonyl (C=O) groups excluding carboxylic acids is 1. The Labute approximate surface area is 144 Å². The van der Waals surface area contributed by atoms with Crippen molar-refractivity contribution in [3.8, 4) is 11.1 Å². The van der Waals surface area contributed by atoms with Gasteiger partial charge in [-0.15, -0.1) is 0 Å². The van der Waals surface area contributed by atoms with E-state index in [0.29, 0.717) is 19.6 Å². The number of ether oxygens (including phenoxy) is 1. The average Bonchev–Trinajstić information content (AvgIpc) is 3.24. The summed E-state index contributed by atoms with van der Waals surface area (Å²) < 4.78 is 5.44. The molecule has 1 saturated heterocycles. The first kappa shape index (κ1) is 14.6. The number of carbonyl (C=O) groups is 1. The molecule has 0 radical (unpaired) electrons. The monoisotopic (exact) mass is 334 g/mol. The van der Waals surface area contributed by atoms with Gasteiger partial charge in [0.15, 0.2) is 0 Å². The van der Waals surface area contributed by atoms with Gasteiger partial charge < -0.3 is 14.6 Å². The van der Waals surface area contributed by atoms with Crippen LogP contribution in [-0.2, 0) is 16.0 Å². The van der Waals surface area contributed by atoms with Gasteiger partial charge in [0.2, 0.25) is 5.91 Å². The zero-order valence-electron chi connectivity index (χ0n) is 13.7. The van der Waals surface area contributed by atoms with Crippen molar-refractivity contribution in [1.29, 1.82) is 0 Å². The quantitative estimate of drug-likeness (QED) is 0.782. The van der Waals surface area contributed by atoms with Gasteiger partial charge in [0.25, 0.3) is 0 Å². The lowest BCUT2D eigenvalue weighted by atomic mass is 10.1. The van der Waals surface area contributed by atoms with Crippen molar-refractivity contribution >= 4 is 22.6 Å². The highest BCUT2D eigenvalue weighted by Crippen LogP contribution is 2.35. The molecule has 6 nitrogen and oxygen atoms in total. The Morgan fingerprint density at radius 3 is 2.80 bits per heavy atom. The topological polar surface area (TPSA) is 71.1 Å². The van der Waals surface area contributed by atoms with Crippen LogP contribution in [0.2, 0.25) is 0 Å². The van der Waals surface area contributed by atoms with Gasteiger partial charge in [-0.2, -0.15) is 0 Å². The molecule has 5 heterocycles. The number of nitrogens with one attached hydrogen (secondary N) is 1. The number of amides is 1. The molecule has 3 aromatic rings. The third-order valence-electron chi connectivity index (χ3n) is 5.08. The van der Waals surface area contributed by atoms with Crippen LogP contribution < -0.4 is 4.90 Å². The lowest BCUT2D eigenvalue weighted by Crippen LogP contribution is -2.41. The minimum Gasteiger partial charge on any atom is -0.381 e. The number of aromatic amines is 1. The molecule has 5 rings (SSSR count). The van der Waals surface area contributed by atoms with Crippen molar-refractivity contribution in [2.45, 2.75) is 25.3 Å². The van der Waals surface area contributed by atoms with Crippen LogP contribution >= 0.6 is 0 Å². The fourth-order valence-electron chi connectivity index (χ4n) is 3.79. The molecule has 0 atom stereocenters. The molecular weight excluding hydrogens is 316 g/mol. The second-order valence-corrected chi connectivity index (χ2v) is 6.61. The van der Waals surface area contributed by atoms with Crippen molar-refractivity contribution in [3.63, 3.8) is 0 Å². The number of aromatic nitrogens is 3. The predicted octanol–water partition coefficient (Wildman–Crippen LogP) is 2.69. The Hall–Kier alpha value is -2.73. The summed E-state index contributed by atoms with van der Waals surface area (Å²) in [5.74, 6) is 0.144. The first-order valence-corrected chi connectivity index (χ1v) is 8.62. The normalized spacial score (nSPS) is 18.1. The minimum atomic E-state index is 0.144. The molecule has 2 aliphatic rings. The summed E-state index contributed by atoms with van der Waals surface area (Å²) >= 11 is 0. The van der Waals surface area contributed by atoms with Crippen LogP contribution in [0.3, 0.4) is 0 Å². The molecule has 1 fully saturated rings. The fraction of sp³-hybridized carbons (Fsp3) is 0.316. The van der Waals surface area contributed by atoms with E-state index in [9.17, 15) is 4.79 Å². The first-order chi connectivity index (χ1) is 12.3. The molecule has 1 N–H and O–H groups in total. The van der Waals surface area contributed by atoms with Gasteiger partial charge >= 0.3 is 0 Å². The third kappa shape index (κ3) is 2.41. The van der Waals surface area contributed by atoms with Gasteiger partial charge in [0.1, 0.15) is 5.65 Å². The Bertz CT molecular complexity index is 959. The van der Waals surface area contributed by atoms with E-state index in [-0.39, 0.29) is 11.9 Å². The highest BCUT2D eigenvalue weighted by Gasteiger charge is 2.35. The van der Waals surface area contributed by atoms with E-state index in [2.05, 4.69) is 27.1 Å². The molecule has 126 valence electrons. The molecule has 1 amide bonds. The maximum Gasteiger partial charge on any atom is 0.233 e. The van der Waals surface area contributed by atoms with Crippen LogP contribution in [0, 0.1) is 0 Å². The van der Waals surface area contributed by atoms with E-state index >= 15 is 0 Å². The largest absolute Gasteiger partial charge is 0.381 e. The summed E-state index contributed by atoms with van der Waals surface area (Å²) in [7, 11) is 0. The van der Waals surface area contributed by atoms with Crippen LogP contribution in [0.1, 0.15) is 18.5 Å². The van der Waals surface area contributed by atoms with E-state index < -0.39 is 0 Å². The molecule has 0 bridgehead atoms. The lowest BCUT2D eigenvalue weighted by Gasteiger charge is -2.31. The number of hydrogen-bond acceptors (Lipinski definition) is 4. The Morgan fingerprint density at radius 1 is 1.12 bits per heavy atom. The van der Waals surface area contributed by atoms with Crippen molar-refractivity contribution in [1.82, 2.24) is 15.0 Å². The summed E-state index contributed by atoms with van der Waals surface area (Å²) in [6.45, 7) is 1.43. The van der Waals surface area contributed by atoms with Crippen molar-refractivity contribution in [2.24, 2.45) is 0 Å². The molecule has 6 heteroatoms. The zero-order chi connectivity index (χ0) is 16.8. The van der Waals surface area contributed by atoms with Gasteiger partial charge in [0, 0.05) is 54.4 Å². The smallest absolute Gasteiger partial charge is 0.233 e. The van der Waals surface area contributed by atoms with Gasteiger partial charge in [0.05, 0.1) is 17.8 Å². The Morgan fingerprint density at radius 2 is 1.92 bits per heavy atom. The molecule has 3 aromatic heterocycles. The van der Waals surface area contributed by atoms with Gasteiger partial charge in [-0.05, 0) is 31.0 Å². The summed E-state index contributed by atoms with van der Waals surface area (Å²) in [5, 5.41) is 1.07. The number of rotatable bonds is 2. The zero-order valence-corrected chi connectivity index (χ0v) is 13.7. The van der Waals surface area contributed by atoms with E-state index in [0.717, 1.165) is 46.4 Å². The SMILES string of the molecule is O=C1Cc2ncc(-c3cnc4[nH]ccc4c3)cc2N1C1CCOCC1. The maximum absolute atomic E-state index is 12.5. The molecular formula is C19H18N4O2. The van der Waals surface area contributed by atoms with Crippen LogP contribution in [0.25, 0.3) is 22.2 Å². The Balaban J connectivity index is 1.55. The first-order valence-electron chi connectivity index (χ1n) is 8.62. The number of H-pyrrole nitrogens is 1. The minimum absolute atomic E-state index is 0.144. The molecule has 0 unspecified atom stereocenters. The van der Waals surface area contributed by atoms with Gasteiger partial charge in [-0.25, -0.2) is 4.98 Å². The van der Waals surface area contributed by atoms with Crippen LogP contribution in [-0.4, -0.2) is 40.1 Å². The second-order valence-electron chi connectivity index (χ2n) is 6.61. The fourth-order valence-corrected chi connectivity index (χ4v) is 3.79. The second kappa shape index (κ2) is 5.67. The summed E-state index contributed by atoms with van der Waals surface area (Å²) in [5.41, 5.74) is 4.69. The van der Waals surface area contributed by atoms with E-state index in [4.69, 9.17) is 4.74 Å². The van der Waals surface area contributed by atoms with Crippen molar-refractivity contribution in [3.05, 3.63) is 42.5 Å². The summed E-state index contributed by atoms with van der Waals surface area (Å²) in [6, 6.07) is 6.39. The van der Waals surface area contributed by atoms with E-state index in [1.165, 1.54) is 0 Å². The molecule has 0 aromatic carbocycles. The number of pyridine rings is 2. The predicted molar refractivity (Wildman–Crippen MR) is 94.4 cm³/mol. The van der Waals surface area contributed by atoms with Crippen LogP contribution in [0.4, 0.5) is 5.69 Å². The van der Waals surface area contributed by atoms with Crippen LogP contribution in [0.15, 0.2) is 36.8 Å². The lowest BCUT2D eigenvalue weighted by molar-refractivity contribution is -0.118. The highest BCUT2D eigenvalue weighted by atomic mass is 16.5. The molecule has 25 heavy (non-hydrogen) atoms. The van der Waals surface area contributed by atoms with Gasteiger partial charge in [-0.1, -0.05) is 0 Å². The molecule has 2 aliphatic heterocycles. The average molecular weight is 334 g/mol. The molecule has 0 aliphatic carbocycles. The van der Waals surface area contributed by atoms with Crippen LogP contribution in [0.5, 0.6) is 0 Å². The van der Waals surface area contributed by atoms with E-state index in [1.807, 2.05) is 29.6 Å². The standard InChI is InChI=1S/C19H18N4O2/c24-18-9-16-17(23(18)15-2-5-25-6-3-15)8-14(10-21-16)13-7-12-1-4-20-19(12)22-11-13/h1,4,7-8,10-11,15H,2-3,5-6,9H2,(H,20,22).